The van der Waals surface area contributed by atoms with E-state index < -0.39 is 5.97 Å². The highest BCUT2D eigenvalue weighted by atomic mass is 79.9. The van der Waals surface area contributed by atoms with E-state index in [0.717, 1.165) is 4.47 Å². The molecule has 1 saturated heterocycles. The second kappa shape index (κ2) is 4.66. The van der Waals surface area contributed by atoms with Crippen molar-refractivity contribution >= 4 is 45.1 Å². The summed E-state index contributed by atoms with van der Waals surface area (Å²) in [6.07, 6.45) is 0.243. The molecule has 0 spiro atoms. The van der Waals surface area contributed by atoms with Crippen molar-refractivity contribution in [2.75, 3.05) is 11.4 Å². The SMILES string of the molecule is O=C(O)c1ccc(Br)cc1N1CC(Cl)CC1=O. The summed E-state index contributed by atoms with van der Waals surface area (Å²) in [5, 5.41) is 8.82. The zero-order chi connectivity index (χ0) is 12.6. The van der Waals surface area contributed by atoms with Crippen LogP contribution in [0.2, 0.25) is 0 Å². The number of nitrogens with zero attached hydrogens (tertiary/aromatic N) is 1. The molecule has 1 fully saturated rings. The van der Waals surface area contributed by atoms with Crippen LogP contribution in [0.1, 0.15) is 16.8 Å². The summed E-state index contributed by atoms with van der Waals surface area (Å²) in [5.41, 5.74) is 0.493. The Bertz CT molecular complexity index is 492. The van der Waals surface area contributed by atoms with Gasteiger partial charge in [-0.1, -0.05) is 15.9 Å². The van der Waals surface area contributed by atoms with E-state index >= 15 is 0 Å². The van der Waals surface area contributed by atoms with Crippen molar-refractivity contribution in [2.24, 2.45) is 0 Å². The molecule has 1 heterocycles. The van der Waals surface area contributed by atoms with E-state index in [9.17, 15) is 9.59 Å². The van der Waals surface area contributed by atoms with Crippen molar-refractivity contribution in [1.82, 2.24) is 0 Å². The van der Waals surface area contributed by atoms with E-state index in [4.69, 9.17) is 16.7 Å². The van der Waals surface area contributed by atoms with E-state index in [1.165, 1.54) is 11.0 Å². The van der Waals surface area contributed by atoms with Crippen molar-refractivity contribution in [3.05, 3.63) is 28.2 Å². The van der Waals surface area contributed by atoms with Crippen LogP contribution in [-0.4, -0.2) is 28.9 Å². The summed E-state index contributed by atoms with van der Waals surface area (Å²) < 4.78 is 0.725. The molecule has 1 amide bonds. The van der Waals surface area contributed by atoms with Gasteiger partial charge < -0.3 is 10.0 Å². The Labute approximate surface area is 111 Å². The molecule has 2 rings (SSSR count). The van der Waals surface area contributed by atoms with Crippen LogP contribution in [-0.2, 0) is 4.79 Å². The lowest BCUT2D eigenvalue weighted by Crippen LogP contribution is -2.26. The fraction of sp³-hybridized carbons (Fsp3) is 0.273. The molecule has 1 atom stereocenters. The van der Waals surface area contributed by atoms with Gasteiger partial charge >= 0.3 is 5.97 Å². The van der Waals surface area contributed by atoms with Gasteiger partial charge in [-0.2, -0.15) is 0 Å². The van der Waals surface area contributed by atoms with Crippen LogP contribution >= 0.6 is 27.5 Å². The predicted octanol–water partition coefficient (Wildman–Crippen LogP) is 2.49. The van der Waals surface area contributed by atoms with Gasteiger partial charge in [0.2, 0.25) is 5.91 Å². The van der Waals surface area contributed by atoms with E-state index in [1.807, 2.05) is 0 Å². The highest BCUT2D eigenvalue weighted by Gasteiger charge is 2.31. The van der Waals surface area contributed by atoms with Crippen molar-refractivity contribution in [1.29, 1.82) is 0 Å². The molecule has 17 heavy (non-hydrogen) atoms. The van der Waals surface area contributed by atoms with Gasteiger partial charge in [0, 0.05) is 17.4 Å². The molecule has 0 saturated carbocycles. The Balaban J connectivity index is 2.46. The van der Waals surface area contributed by atoms with Gasteiger partial charge in [-0.3, -0.25) is 4.79 Å². The number of benzene rings is 1. The molecule has 1 aliphatic heterocycles. The highest BCUT2D eigenvalue weighted by Crippen LogP contribution is 2.30. The summed E-state index contributed by atoms with van der Waals surface area (Å²) in [6.45, 7) is 0.344. The Kier molecular flexibility index (Phi) is 3.40. The van der Waals surface area contributed by atoms with Crippen LogP contribution in [0.15, 0.2) is 22.7 Å². The number of alkyl halides is 1. The Morgan fingerprint density at radius 1 is 1.53 bits per heavy atom. The number of aromatic carboxylic acids is 1. The first-order valence-electron chi connectivity index (χ1n) is 4.96. The maximum absolute atomic E-state index is 11.7. The first-order valence-corrected chi connectivity index (χ1v) is 6.19. The maximum atomic E-state index is 11.7. The quantitative estimate of drug-likeness (QED) is 0.852. The third kappa shape index (κ3) is 2.45. The molecule has 0 aromatic heterocycles. The normalized spacial score (nSPS) is 19.8. The highest BCUT2D eigenvalue weighted by molar-refractivity contribution is 9.10. The van der Waals surface area contributed by atoms with Crippen LogP contribution in [0, 0.1) is 0 Å². The Morgan fingerprint density at radius 2 is 2.24 bits per heavy atom. The van der Waals surface area contributed by atoms with Crippen LogP contribution in [0.3, 0.4) is 0 Å². The minimum Gasteiger partial charge on any atom is -0.478 e. The van der Waals surface area contributed by atoms with Crippen molar-refractivity contribution < 1.29 is 14.7 Å². The van der Waals surface area contributed by atoms with Gasteiger partial charge in [0.1, 0.15) is 0 Å². The van der Waals surface area contributed by atoms with Gasteiger partial charge in [0.15, 0.2) is 0 Å². The van der Waals surface area contributed by atoms with Gasteiger partial charge in [-0.25, -0.2) is 4.79 Å². The summed E-state index contributed by atoms with van der Waals surface area (Å²) in [6, 6.07) is 4.72. The topological polar surface area (TPSA) is 57.6 Å². The lowest BCUT2D eigenvalue weighted by Gasteiger charge is -2.18. The standard InChI is InChI=1S/C11H9BrClNO3/c12-6-1-2-8(11(16)17)9(3-6)14-5-7(13)4-10(14)15/h1-3,7H,4-5H2,(H,16,17). The average Bonchev–Trinajstić information content (AvgIpc) is 2.57. The molecular formula is C11H9BrClNO3. The molecule has 1 unspecified atom stereocenters. The first-order chi connectivity index (χ1) is 7.99. The second-order valence-corrected chi connectivity index (χ2v) is 5.31. The third-order valence-corrected chi connectivity index (χ3v) is 3.34. The fourth-order valence-electron chi connectivity index (χ4n) is 1.81. The molecule has 0 radical (unpaired) electrons. The van der Waals surface area contributed by atoms with Crippen LogP contribution < -0.4 is 4.90 Å². The molecule has 6 heteroatoms. The fourth-order valence-corrected chi connectivity index (χ4v) is 2.42. The third-order valence-electron chi connectivity index (χ3n) is 2.56. The molecular weight excluding hydrogens is 309 g/mol. The van der Waals surface area contributed by atoms with Crippen molar-refractivity contribution in [3.8, 4) is 0 Å². The molecule has 0 bridgehead atoms. The lowest BCUT2D eigenvalue weighted by molar-refractivity contribution is -0.117. The molecule has 1 aromatic rings. The molecule has 1 aromatic carbocycles. The largest absolute Gasteiger partial charge is 0.478 e. The van der Waals surface area contributed by atoms with E-state index in [-0.39, 0.29) is 23.3 Å². The number of carbonyl (C=O) groups is 2. The number of carboxylic acids is 1. The van der Waals surface area contributed by atoms with E-state index in [1.54, 1.807) is 12.1 Å². The van der Waals surface area contributed by atoms with Gasteiger partial charge in [0.05, 0.1) is 16.6 Å². The van der Waals surface area contributed by atoms with E-state index in [2.05, 4.69) is 15.9 Å². The Hall–Kier alpha value is -1.07. The number of rotatable bonds is 2. The molecule has 90 valence electrons. The smallest absolute Gasteiger partial charge is 0.337 e. The monoisotopic (exact) mass is 317 g/mol. The Morgan fingerprint density at radius 3 is 2.76 bits per heavy atom. The van der Waals surface area contributed by atoms with Gasteiger partial charge in [-0.15, -0.1) is 11.6 Å². The number of amides is 1. The van der Waals surface area contributed by atoms with Crippen LogP contribution in [0.4, 0.5) is 5.69 Å². The molecule has 0 aliphatic carbocycles. The molecule has 1 N–H and O–H groups in total. The zero-order valence-corrected chi connectivity index (χ0v) is 11.0. The minimum absolute atomic E-state index is 0.104. The van der Waals surface area contributed by atoms with Crippen LogP contribution in [0.5, 0.6) is 0 Å². The number of carboxylic acid groups (broad SMARTS) is 1. The number of anilines is 1. The molecule has 4 nitrogen and oxygen atoms in total. The van der Waals surface area contributed by atoms with Crippen LogP contribution in [0.25, 0.3) is 0 Å². The van der Waals surface area contributed by atoms with Crippen molar-refractivity contribution in [2.45, 2.75) is 11.8 Å². The predicted molar refractivity (Wildman–Crippen MR) is 67.7 cm³/mol. The number of hydrogen-bond donors (Lipinski definition) is 1. The molecule has 1 aliphatic rings. The lowest BCUT2D eigenvalue weighted by atomic mass is 10.1. The average molecular weight is 319 g/mol. The zero-order valence-electron chi connectivity index (χ0n) is 8.69. The first kappa shape index (κ1) is 12.4. The summed E-state index contributed by atoms with van der Waals surface area (Å²) in [5.74, 6) is -1.20. The second-order valence-electron chi connectivity index (χ2n) is 3.77. The summed E-state index contributed by atoms with van der Waals surface area (Å²) in [7, 11) is 0. The summed E-state index contributed by atoms with van der Waals surface area (Å²) in [4.78, 5) is 24.2. The van der Waals surface area contributed by atoms with Gasteiger partial charge in [0.25, 0.3) is 0 Å². The summed E-state index contributed by atoms with van der Waals surface area (Å²) >= 11 is 9.17. The van der Waals surface area contributed by atoms with E-state index in [0.29, 0.717) is 12.2 Å². The number of carbonyl (C=O) groups excluding carboxylic acids is 1. The number of halogens is 2. The van der Waals surface area contributed by atoms with Crippen molar-refractivity contribution in [3.63, 3.8) is 0 Å². The number of hydrogen-bond acceptors (Lipinski definition) is 2. The van der Waals surface area contributed by atoms with Gasteiger partial charge in [-0.05, 0) is 18.2 Å². The maximum Gasteiger partial charge on any atom is 0.337 e. The minimum atomic E-state index is -1.06.